The summed E-state index contributed by atoms with van der Waals surface area (Å²) in [7, 11) is -3.63. The van der Waals surface area contributed by atoms with Crippen LogP contribution in [0.4, 0.5) is 5.69 Å². The lowest BCUT2D eigenvalue weighted by molar-refractivity contribution is 0.114. The SMILES string of the molecule is O=S(=O)(NCC1CCCO1)c1ccc2c(c1)C1C=CCC1C(c1c(O)ccc3ccccc13)N2. The fraction of sp³-hybridized carbons (Fsp3) is 0.333. The number of nitrogens with one attached hydrogen (secondary N) is 2. The predicted molar refractivity (Wildman–Crippen MR) is 133 cm³/mol. The van der Waals surface area contributed by atoms with E-state index in [4.69, 9.17) is 4.74 Å². The zero-order valence-corrected chi connectivity index (χ0v) is 19.6. The summed E-state index contributed by atoms with van der Waals surface area (Å²) in [4.78, 5) is 0.275. The van der Waals surface area contributed by atoms with Gasteiger partial charge in [-0.2, -0.15) is 0 Å². The third-order valence-electron chi connectivity index (χ3n) is 7.43. The molecule has 3 aromatic rings. The zero-order valence-electron chi connectivity index (χ0n) is 18.8. The maximum Gasteiger partial charge on any atom is 0.240 e. The van der Waals surface area contributed by atoms with E-state index in [1.54, 1.807) is 18.2 Å². The van der Waals surface area contributed by atoms with E-state index >= 15 is 0 Å². The first-order valence-electron chi connectivity index (χ1n) is 11.9. The number of ether oxygens (including phenoxy) is 1. The second-order valence-electron chi connectivity index (χ2n) is 9.43. The summed E-state index contributed by atoms with van der Waals surface area (Å²) in [5.74, 6) is 0.540. The normalized spacial score (nSPS) is 25.8. The number of hydrogen-bond donors (Lipinski definition) is 3. The quantitative estimate of drug-likeness (QED) is 0.459. The lowest BCUT2D eigenvalue weighted by Crippen LogP contribution is -2.32. The summed E-state index contributed by atoms with van der Waals surface area (Å²) in [6.45, 7) is 0.992. The van der Waals surface area contributed by atoms with Gasteiger partial charge in [0.15, 0.2) is 0 Å². The first kappa shape index (κ1) is 21.6. The summed E-state index contributed by atoms with van der Waals surface area (Å²) in [5, 5.41) is 16.6. The molecule has 6 nitrogen and oxygen atoms in total. The summed E-state index contributed by atoms with van der Waals surface area (Å²) >= 11 is 0. The van der Waals surface area contributed by atoms with Crippen LogP contribution in [-0.2, 0) is 14.8 Å². The first-order chi connectivity index (χ1) is 16.5. The van der Waals surface area contributed by atoms with Crippen LogP contribution in [0.5, 0.6) is 5.75 Å². The van der Waals surface area contributed by atoms with Crippen LogP contribution in [-0.4, -0.2) is 32.8 Å². The van der Waals surface area contributed by atoms with Crippen LogP contribution in [0.3, 0.4) is 0 Å². The smallest absolute Gasteiger partial charge is 0.240 e. The van der Waals surface area contributed by atoms with Crippen molar-refractivity contribution in [2.75, 3.05) is 18.5 Å². The third-order valence-corrected chi connectivity index (χ3v) is 8.85. The molecule has 0 radical (unpaired) electrons. The number of sulfonamides is 1. The van der Waals surface area contributed by atoms with E-state index in [0.717, 1.165) is 46.8 Å². The summed E-state index contributed by atoms with van der Waals surface area (Å²) in [5.41, 5.74) is 2.79. The topological polar surface area (TPSA) is 87.7 Å². The molecule has 4 atom stereocenters. The van der Waals surface area contributed by atoms with Gasteiger partial charge in [0.1, 0.15) is 5.75 Å². The molecule has 0 spiro atoms. The lowest BCUT2D eigenvalue weighted by atomic mass is 9.76. The standard InChI is InChI=1S/C27H28N2O4S/c30-25-13-10-17-5-1-2-7-20(17)26(25)27-22-9-3-8-21(22)23-15-19(11-12-24(23)29-27)34(31,32)28-16-18-6-4-14-33-18/h1-3,5,7-8,10-13,15,18,21-22,27-30H,4,6,9,14,16H2. The number of phenols is 1. The fourth-order valence-electron chi connectivity index (χ4n) is 5.73. The Hall–Kier alpha value is -2.87. The third kappa shape index (κ3) is 3.68. The molecule has 0 saturated carbocycles. The van der Waals surface area contributed by atoms with Crippen LogP contribution in [0.1, 0.15) is 42.3 Å². The van der Waals surface area contributed by atoms with Gasteiger partial charge in [-0.15, -0.1) is 0 Å². The Morgan fingerprint density at radius 3 is 2.85 bits per heavy atom. The molecular weight excluding hydrogens is 448 g/mol. The van der Waals surface area contributed by atoms with E-state index in [2.05, 4.69) is 28.3 Å². The van der Waals surface area contributed by atoms with E-state index < -0.39 is 10.0 Å². The molecule has 176 valence electrons. The highest BCUT2D eigenvalue weighted by Crippen LogP contribution is 2.52. The van der Waals surface area contributed by atoms with Gasteiger partial charge in [-0.3, -0.25) is 0 Å². The Kier molecular flexibility index (Phi) is 5.36. The molecular formula is C27H28N2O4S. The minimum absolute atomic E-state index is 0.0506. The molecule has 7 heteroatoms. The molecule has 2 aliphatic heterocycles. The van der Waals surface area contributed by atoms with Crippen LogP contribution in [0.15, 0.2) is 71.6 Å². The molecule has 3 aliphatic rings. The van der Waals surface area contributed by atoms with Crippen molar-refractivity contribution in [2.24, 2.45) is 5.92 Å². The number of aromatic hydroxyl groups is 1. The average Bonchev–Trinajstić information content (AvgIpc) is 3.55. The van der Waals surface area contributed by atoms with Crippen molar-refractivity contribution in [3.63, 3.8) is 0 Å². The molecule has 0 aromatic heterocycles. The van der Waals surface area contributed by atoms with Gasteiger partial charge in [0.25, 0.3) is 0 Å². The van der Waals surface area contributed by atoms with E-state index in [-0.39, 0.29) is 34.6 Å². The molecule has 6 rings (SSSR count). The van der Waals surface area contributed by atoms with Crippen LogP contribution < -0.4 is 10.0 Å². The monoisotopic (exact) mass is 476 g/mol. The second kappa shape index (κ2) is 8.41. The van der Waals surface area contributed by atoms with E-state index in [1.165, 1.54) is 0 Å². The summed E-state index contributed by atoms with van der Waals surface area (Å²) in [6.07, 6.45) is 7.00. The maximum atomic E-state index is 13.0. The van der Waals surface area contributed by atoms with Gasteiger partial charge in [-0.1, -0.05) is 42.5 Å². The lowest BCUT2D eigenvalue weighted by Gasteiger charge is -2.38. The second-order valence-corrected chi connectivity index (χ2v) is 11.2. The van der Waals surface area contributed by atoms with Gasteiger partial charge in [0, 0.05) is 30.3 Å². The van der Waals surface area contributed by atoms with Crippen LogP contribution in [0.2, 0.25) is 0 Å². The Morgan fingerprint density at radius 1 is 1.12 bits per heavy atom. The number of fused-ring (bicyclic) bond motifs is 4. The van der Waals surface area contributed by atoms with E-state index in [9.17, 15) is 13.5 Å². The largest absolute Gasteiger partial charge is 0.508 e. The number of anilines is 1. The highest BCUT2D eigenvalue weighted by atomic mass is 32.2. The number of hydrogen-bond acceptors (Lipinski definition) is 5. The van der Waals surface area contributed by atoms with Crippen molar-refractivity contribution in [3.05, 3.63) is 77.9 Å². The molecule has 34 heavy (non-hydrogen) atoms. The molecule has 0 bridgehead atoms. The van der Waals surface area contributed by atoms with Crippen molar-refractivity contribution in [3.8, 4) is 5.75 Å². The minimum atomic E-state index is -3.63. The van der Waals surface area contributed by atoms with Crippen LogP contribution in [0.25, 0.3) is 10.8 Å². The number of benzene rings is 3. The molecule has 0 amide bonds. The predicted octanol–water partition coefficient (Wildman–Crippen LogP) is 4.83. The Balaban J connectivity index is 1.35. The van der Waals surface area contributed by atoms with Crippen LogP contribution >= 0.6 is 0 Å². The fourth-order valence-corrected chi connectivity index (χ4v) is 6.83. The Labute approximate surface area is 199 Å². The van der Waals surface area contributed by atoms with Crippen molar-refractivity contribution in [2.45, 2.75) is 42.2 Å². The molecule has 1 saturated heterocycles. The van der Waals surface area contributed by atoms with E-state index in [1.807, 2.05) is 30.3 Å². The molecule has 2 heterocycles. The van der Waals surface area contributed by atoms with Crippen molar-refractivity contribution < 1.29 is 18.3 Å². The summed E-state index contributed by atoms with van der Waals surface area (Å²) in [6, 6.07) is 17.0. The van der Waals surface area contributed by atoms with E-state index in [0.29, 0.717) is 13.2 Å². The van der Waals surface area contributed by atoms with Crippen molar-refractivity contribution >= 4 is 26.5 Å². The Morgan fingerprint density at radius 2 is 2.00 bits per heavy atom. The molecule has 1 aliphatic carbocycles. The first-order valence-corrected chi connectivity index (χ1v) is 13.4. The molecule has 3 aromatic carbocycles. The number of phenolic OH excluding ortho intramolecular Hbond substituents is 1. The van der Waals surface area contributed by atoms with Gasteiger partial charge >= 0.3 is 0 Å². The van der Waals surface area contributed by atoms with Gasteiger partial charge in [-0.05, 0) is 65.8 Å². The highest BCUT2D eigenvalue weighted by molar-refractivity contribution is 7.89. The molecule has 4 unspecified atom stereocenters. The molecule has 1 fully saturated rings. The zero-order chi connectivity index (χ0) is 23.3. The summed E-state index contributed by atoms with van der Waals surface area (Å²) < 4.78 is 34.3. The highest BCUT2D eigenvalue weighted by Gasteiger charge is 2.40. The number of rotatable bonds is 5. The minimum Gasteiger partial charge on any atom is -0.508 e. The maximum absolute atomic E-state index is 13.0. The molecule has 3 N–H and O–H groups in total. The Bertz CT molecular complexity index is 1380. The van der Waals surface area contributed by atoms with Crippen molar-refractivity contribution in [1.82, 2.24) is 4.72 Å². The van der Waals surface area contributed by atoms with Gasteiger partial charge < -0.3 is 15.2 Å². The number of allylic oxidation sites excluding steroid dienone is 2. The van der Waals surface area contributed by atoms with Gasteiger partial charge in [0.05, 0.1) is 17.0 Å². The van der Waals surface area contributed by atoms with Gasteiger partial charge in [-0.25, -0.2) is 13.1 Å². The van der Waals surface area contributed by atoms with Crippen molar-refractivity contribution in [1.29, 1.82) is 0 Å². The van der Waals surface area contributed by atoms with Crippen LogP contribution in [0, 0.1) is 5.92 Å². The van der Waals surface area contributed by atoms with Gasteiger partial charge in [0.2, 0.25) is 10.0 Å². The average molecular weight is 477 g/mol.